The van der Waals surface area contributed by atoms with E-state index in [1.807, 2.05) is 13.8 Å². The minimum atomic E-state index is -0.500. The van der Waals surface area contributed by atoms with Crippen molar-refractivity contribution >= 4 is 28.1 Å². The third-order valence-electron chi connectivity index (χ3n) is 3.13. The van der Waals surface area contributed by atoms with Gasteiger partial charge in [-0.15, -0.1) is 0 Å². The Balaban J connectivity index is 2.14. The molecule has 0 aliphatic rings. The maximum absolute atomic E-state index is 12.0. The fraction of sp³-hybridized carbons (Fsp3) is 0.222. The number of rotatable bonds is 6. The fourth-order valence-corrected chi connectivity index (χ4v) is 2.61. The summed E-state index contributed by atoms with van der Waals surface area (Å²) < 4.78 is 11.8. The van der Waals surface area contributed by atoms with E-state index in [-0.39, 0.29) is 17.4 Å². The Kier molecular flexibility index (Phi) is 6.41. The van der Waals surface area contributed by atoms with Crippen LogP contribution in [0, 0.1) is 0 Å². The summed E-state index contributed by atoms with van der Waals surface area (Å²) in [6.07, 6.45) is 1.48. The summed E-state index contributed by atoms with van der Waals surface area (Å²) in [5, 5.41) is 13.6. The van der Waals surface area contributed by atoms with Gasteiger partial charge in [-0.3, -0.25) is 4.79 Å². The van der Waals surface area contributed by atoms with Gasteiger partial charge >= 0.3 is 0 Å². The molecule has 1 amide bonds. The first-order valence-corrected chi connectivity index (χ1v) is 8.37. The molecule has 25 heavy (non-hydrogen) atoms. The largest absolute Gasteiger partial charge is 0.507 e. The van der Waals surface area contributed by atoms with Crippen molar-refractivity contribution in [3.8, 4) is 17.2 Å². The first kappa shape index (κ1) is 18.8. The van der Waals surface area contributed by atoms with Crippen LogP contribution in [-0.4, -0.2) is 30.4 Å². The van der Waals surface area contributed by atoms with E-state index in [0.29, 0.717) is 21.5 Å². The molecule has 2 rings (SSSR count). The fourth-order valence-electron chi connectivity index (χ4n) is 2.06. The molecule has 0 bridgehead atoms. The average molecular weight is 407 g/mol. The summed E-state index contributed by atoms with van der Waals surface area (Å²) >= 11 is 3.45. The van der Waals surface area contributed by atoms with Crippen molar-refractivity contribution in [2.45, 2.75) is 20.0 Å². The number of hydrogen-bond acceptors (Lipinski definition) is 5. The first-order chi connectivity index (χ1) is 11.9. The number of phenols is 1. The van der Waals surface area contributed by atoms with Crippen molar-refractivity contribution in [2.24, 2.45) is 5.10 Å². The molecule has 0 radical (unpaired) electrons. The van der Waals surface area contributed by atoms with Crippen LogP contribution in [-0.2, 0) is 0 Å². The van der Waals surface area contributed by atoms with E-state index in [1.165, 1.54) is 18.3 Å². The van der Waals surface area contributed by atoms with Crippen LogP contribution >= 0.6 is 15.9 Å². The highest BCUT2D eigenvalue weighted by Crippen LogP contribution is 2.36. The van der Waals surface area contributed by atoms with Crippen molar-refractivity contribution < 1.29 is 19.4 Å². The molecule has 0 heterocycles. The molecule has 2 N–H and O–H groups in total. The number of halogens is 1. The van der Waals surface area contributed by atoms with E-state index in [2.05, 4.69) is 26.5 Å². The zero-order chi connectivity index (χ0) is 18.4. The van der Waals surface area contributed by atoms with Gasteiger partial charge < -0.3 is 14.6 Å². The number of para-hydroxylation sites is 1. The number of methoxy groups -OCH3 is 1. The number of phenolic OH excluding ortho intramolecular Hbond substituents is 1. The van der Waals surface area contributed by atoms with Crippen molar-refractivity contribution in [1.82, 2.24) is 5.43 Å². The molecule has 0 saturated heterocycles. The van der Waals surface area contributed by atoms with Gasteiger partial charge in [0.25, 0.3) is 5.91 Å². The summed E-state index contributed by atoms with van der Waals surface area (Å²) in [7, 11) is 1.55. The number of amides is 1. The highest BCUT2D eigenvalue weighted by Gasteiger charge is 2.13. The van der Waals surface area contributed by atoms with Gasteiger partial charge in [-0.05, 0) is 59.6 Å². The smallest absolute Gasteiger partial charge is 0.275 e. The lowest BCUT2D eigenvalue weighted by atomic mass is 10.2. The van der Waals surface area contributed by atoms with Crippen LogP contribution in [0.4, 0.5) is 0 Å². The molecule has 2 aromatic carbocycles. The van der Waals surface area contributed by atoms with Crippen LogP contribution in [0.1, 0.15) is 29.8 Å². The molecular formula is C18H19BrN2O4. The molecule has 0 aliphatic heterocycles. The molecule has 7 heteroatoms. The molecule has 132 valence electrons. The second-order valence-electron chi connectivity index (χ2n) is 5.42. The third-order valence-corrected chi connectivity index (χ3v) is 3.72. The number of hydrogen-bond donors (Lipinski definition) is 2. The summed E-state index contributed by atoms with van der Waals surface area (Å²) in [5.74, 6) is 0.555. The number of hydrazone groups is 1. The topological polar surface area (TPSA) is 80.2 Å². The third kappa shape index (κ3) is 4.96. The maximum atomic E-state index is 12.0. The number of benzene rings is 2. The Morgan fingerprint density at radius 2 is 2.04 bits per heavy atom. The Morgan fingerprint density at radius 1 is 1.32 bits per heavy atom. The van der Waals surface area contributed by atoms with Gasteiger partial charge in [0.05, 0.1) is 29.5 Å². The Morgan fingerprint density at radius 3 is 2.68 bits per heavy atom. The minimum Gasteiger partial charge on any atom is -0.507 e. The van der Waals surface area contributed by atoms with Gasteiger partial charge in [0, 0.05) is 0 Å². The molecule has 0 aromatic heterocycles. The van der Waals surface area contributed by atoms with Crippen LogP contribution in [0.3, 0.4) is 0 Å². The summed E-state index contributed by atoms with van der Waals surface area (Å²) in [4.78, 5) is 12.0. The molecule has 0 saturated carbocycles. The van der Waals surface area contributed by atoms with Gasteiger partial charge in [-0.1, -0.05) is 12.1 Å². The van der Waals surface area contributed by atoms with Gasteiger partial charge in [0.15, 0.2) is 11.5 Å². The standard InChI is InChI=1S/C18H19BrN2O4/c1-11(2)25-17-14(19)8-12(9-16(17)24-3)10-20-21-18(23)13-6-4-5-7-15(13)22/h4-11,22H,1-3H3,(H,21,23)/b20-10-. The van der Waals surface area contributed by atoms with E-state index in [4.69, 9.17) is 9.47 Å². The monoisotopic (exact) mass is 406 g/mol. The van der Waals surface area contributed by atoms with Gasteiger partial charge in [0.2, 0.25) is 0 Å². The highest BCUT2D eigenvalue weighted by atomic mass is 79.9. The van der Waals surface area contributed by atoms with E-state index in [1.54, 1.807) is 31.4 Å². The van der Waals surface area contributed by atoms with Crippen molar-refractivity contribution in [3.63, 3.8) is 0 Å². The predicted octanol–water partition coefficient (Wildman–Crippen LogP) is 3.71. The molecule has 0 atom stereocenters. The summed E-state index contributed by atoms with van der Waals surface area (Å²) in [5.41, 5.74) is 3.23. The second kappa shape index (κ2) is 8.53. The molecular weight excluding hydrogens is 388 g/mol. The Bertz CT molecular complexity index is 791. The minimum absolute atomic E-state index is 0.00237. The number of carbonyl (C=O) groups is 1. The lowest BCUT2D eigenvalue weighted by molar-refractivity contribution is 0.0952. The van der Waals surface area contributed by atoms with Crippen LogP contribution in [0.5, 0.6) is 17.2 Å². The average Bonchev–Trinajstić information content (AvgIpc) is 2.57. The first-order valence-electron chi connectivity index (χ1n) is 7.58. The molecule has 0 spiro atoms. The molecule has 0 aliphatic carbocycles. The van der Waals surface area contributed by atoms with Crippen LogP contribution in [0.2, 0.25) is 0 Å². The van der Waals surface area contributed by atoms with E-state index in [9.17, 15) is 9.90 Å². The van der Waals surface area contributed by atoms with E-state index >= 15 is 0 Å². The number of aromatic hydroxyl groups is 1. The van der Waals surface area contributed by atoms with Crippen molar-refractivity contribution in [1.29, 1.82) is 0 Å². The van der Waals surface area contributed by atoms with Crippen molar-refractivity contribution in [3.05, 3.63) is 52.0 Å². The van der Waals surface area contributed by atoms with Gasteiger partial charge in [0.1, 0.15) is 5.75 Å². The maximum Gasteiger partial charge on any atom is 0.275 e. The molecule has 0 unspecified atom stereocenters. The van der Waals surface area contributed by atoms with E-state index < -0.39 is 5.91 Å². The normalized spacial score (nSPS) is 10.9. The predicted molar refractivity (Wildman–Crippen MR) is 99.6 cm³/mol. The van der Waals surface area contributed by atoms with Crippen LogP contribution in [0.25, 0.3) is 0 Å². The van der Waals surface area contributed by atoms with Gasteiger partial charge in [-0.2, -0.15) is 5.10 Å². The van der Waals surface area contributed by atoms with Crippen LogP contribution in [0.15, 0.2) is 46.0 Å². The highest BCUT2D eigenvalue weighted by molar-refractivity contribution is 9.10. The van der Waals surface area contributed by atoms with Crippen molar-refractivity contribution in [2.75, 3.05) is 7.11 Å². The summed E-state index contributed by atoms with van der Waals surface area (Å²) in [6, 6.07) is 9.80. The SMILES string of the molecule is COc1cc(/C=N\NC(=O)c2ccccc2O)cc(Br)c1OC(C)C. The lowest BCUT2D eigenvalue weighted by Crippen LogP contribution is -2.17. The number of nitrogens with zero attached hydrogens (tertiary/aromatic N) is 1. The molecule has 0 fully saturated rings. The quantitative estimate of drug-likeness (QED) is 0.565. The molecule has 6 nitrogen and oxygen atoms in total. The number of carbonyl (C=O) groups excluding carboxylic acids is 1. The second-order valence-corrected chi connectivity index (χ2v) is 6.27. The lowest BCUT2D eigenvalue weighted by Gasteiger charge is -2.15. The van der Waals surface area contributed by atoms with Crippen LogP contribution < -0.4 is 14.9 Å². The van der Waals surface area contributed by atoms with E-state index in [0.717, 1.165) is 0 Å². The number of ether oxygens (including phenoxy) is 2. The Hall–Kier alpha value is -2.54. The zero-order valence-corrected chi connectivity index (χ0v) is 15.7. The number of nitrogens with one attached hydrogen (secondary N) is 1. The zero-order valence-electron chi connectivity index (χ0n) is 14.1. The Labute approximate surface area is 154 Å². The van der Waals surface area contributed by atoms with Gasteiger partial charge in [-0.25, -0.2) is 5.43 Å². The molecule has 2 aromatic rings. The summed E-state index contributed by atoms with van der Waals surface area (Å²) in [6.45, 7) is 3.85.